The van der Waals surface area contributed by atoms with Gasteiger partial charge in [-0.2, -0.15) is 5.48 Å². The maximum atomic E-state index is 11.2. The molecule has 0 spiro atoms. The molecule has 0 aliphatic rings. The Kier molecular flexibility index (Phi) is 4.20. The van der Waals surface area contributed by atoms with Gasteiger partial charge in [0.15, 0.2) is 0 Å². The first kappa shape index (κ1) is 11.4. The zero-order valence-electron chi connectivity index (χ0n) is 8.30. The minimum Gasteiger partial charge on any atom is -0.459 e. The number of esters is 1. The Labute approximate surface area is 73.2 Å². The summed E-state index contributed by atoms with van der Waals surface area (Å²) in [4.78, 5) is 15.8. The minimum atomic E-state index is -0.444. The normalized spacial score (nSPS) is 14.1. The van der Waals surface area contributed by atoms with Crippen LogP contribution in [0.4, 0.5) is 0 Å². The zero-order chi connectivity index (χ0) is 9.78. The molecule has 1 atom stereocenters. The number of carbonyl (C=O) groups is 1. The number of hydrogen-bond acceptors (Lipinski definition) is 4. The predicted octanol–water partition coefficient (Wildman–Crippen LogP) is 0.868. The fraction of sp³-hybridized carbons (Fsp3) is 0.875. The fourth-order valence-corrected chi connectivity index (χ4v) is 0.615. The molecule has 0 heterocycles. The topological polar surface area (TPSA) is 47.6 Å². The van der Waals surface area contributed by atoms with Crippen LogP contribution in [0.2, 0.25) is 0 Å². The quantitative estimate of drug-likeness (QED) is 0.510. The van der Waals surface area contributed by atoms with E-state index >= 15 is 0 Å². The van der Waals surface area contributed by atoms with Crippen LogP contribution in [-0.4, -0.2) is 24.7 Å². The average molecular weight is 175 g/mol. The molecule has 0 aromatic carbocycles. The van der Waals surface area contributed by atoms with Gasteiger partial charge in [0, 0.05) is 0 Å². The van der Waals surface area contributed by atoms with Gasteiger partial charge in [0.25, 0.3) is 0 Å². The van der Waals surface area contributed by atoms with Crippen molar-refractivity contribution in [1.82, 2.24) is 5.48 Å². The van der Waals surface area contributed by atoms with Crippen LogP contribution < -0.4 is 5.48 Å². The van der Waals surface area contributed by atoms with Gasteiger partial charge in [-0.3, -0.25) is 4.79 Å². The first-order valence-electron chi connectivity index (χ1n) is 3.88. The van der Waals surface area contributed by atoms with E-state index in [0.29, 0.717) is 0 Å². The van der Waals surface area contributed by atoms with Crippen molar-refractivity contribution in [2.24, 2.45) is 0 Å². The molecule has 0 aromatic rings. The second-order valence-corrected chi connectivity index (χ2v) is 3.58. The molecule has 4 nitrogen and oxygen atoms in total. The van der Waals surface area contributed by atoms with Gasteiger partial charge in [-0.1, -0.05) is 0 Å². The van der Waals surface area contributed by atoms with E-state index in [0.717, 1.165) is 0 Å². The van der Waals surface area contributed by atoms with Crippen molar-refractivity contribution in [3.8, 4) is 0 Å². The van der Waals surface area contributed by atoms with Crippen molar-refractivity contribution in [1.29, 1.82) is 0 Å². The molecule has 12 heavy (non-hydrogen) atoms. The van der Waals surface area contributed by atoms with Crippen molar-refractivity contribution < 1.29 is 14.4 Å². The van der Waals surface area contributed by atoms with E-state index in [1.165, 1.54) is 7.11 Å². The van der Waals surface area contributed by atoms with Gasteiger partial charge >= 0.3 is 5.97 Å². The standard InChI is InChI=1S/C8H17NO3/c1-6(9-11-5)7(10)12-8(2,3)4/h6,9H,1-5H3. The van der Waals surface area contributed by atoms with Gasteiger partial charge in [-0.25, -0.2) is 0 Å². The van der Waals surface area contributed by atoms with Gasteiger partial charge in [0.05, 0.1) is 7.11 Å². The van der Waals surface area contributed by atoms with E-state index < -0.39 is 11.6 Å². The maximum absolute atomic E-state index is 11.2. The summed E-state index contributed by atoms with van der Waals surface area (Å²) in [5, 5.41) is 0. The molecule has 1 N–H and O–H groups in total. The zero-order valence-corrected chi connectivity index (χ0v) is 8.30. The van der Waals surface area contributed by atoms with Crippen molar-refractivity contribution in [3.05, 3.63) is 0 Å². The van der Waals surface area contributed by atoms with E-state index in [1.54, 1.807) is 6.92 Å². The summed E-state index contributed by atoms with van der Waals surface area (Å²) < 4.78 is 5.07. The van der Waals surface area contributed by atoms with Crippen LogP contribution >= 0.6 is 0 Å². The number of carbonyl (C=O) groups excluding carboxylic acids is 1. The van der Waals surface area contributed by atoms with Crippen molar-refractivity contribution >= 4 is 5.97 Å². The molecule has 0 aromatic heterocycles. The molecule has 0 saturated carbocycles. The third-order valence-corrected chi connectivity index (χ3v) is 1.05. The van der Waals surface area contributed by atoms with Crippen molar-refractivity contribution in [2.45, 2.75) is 39.3 Å². The molecular formula is C8H17NO3. The second kappa shape index (κ2) is 4.42. The Morgan fingerprint density at radius 3 is 2.25 bits per heavy atom. The Balaban J connectivity index is 3.87. The highest BCUT2D eigenvalue weighted by Gasteiger charge is 2.21. The lowest BCUT2D eigenvalue weighted by molar-refractivity contribution is -0.160. The highest BCUT2D eigenvalue weighted by molar-refractivity contribution is 5.75. The van der Waals surface area contributed by atoms with E-state index in [1.807, 2.05) is 20.8 Å². The summed E-state index contributed by atoms with van der Waals surface area (Å²) in [5.41, 5.74) is 2.05. The molecule has 0 radical (unpaired) electrons. The Hall–Kier alpha value is -0.610. The van der Waals surface area contributed by atoms with Gasteiger partial charge in [-0.15, -0.1) is 0 Å². The molecule has 0 aliphatic heterocycles. The molecule has 0 rings (SSSR count). The van der Waals surface area contributed by atoms with Crippen LogP contribution in [0.5, 0.6) is 0 Å². The Morgan fingerprint density at radius 2 is 1.92 bits per heavy atom. The third kappa shape index (κ3) is 5.09. The molecule has 0 aliphatic carbocycles. The van der Waals surface area contributed by atoms with Crippen LogP contribution in [-0.2, 0) is 14.4 Å². The van der Waals surface area contributed by atoms with Crippen LogP contribution in [0.3, 0.4) is 0 Å². The summed E-state index contributed by atoms with van der Waals surface area (Å²) in [6, 6.07) is -0.436. The number of rotatable bonds is 3. The van der Waals surface area contributed by atoms with Crippen LogP contribution in [0.15, 0.2) is 0 Å². The average Bonchev–Trinajstić information content (AvgIpc) is 1.84. The summed E-state index contributed by atoms with van der Waals surface area (Å²) in [7, 11) is 1.46. The van der Waals surface area contributed by atoms with Gasteiger partial charge in [0.1, 0.15) is 11.6 Å². The molecule has 0 bridgehead atoms. The van der Waals surface area contributed by atoms with Gasteiger partial charge < -0.3 is 9.57 Å². The first-order valence-corrected chi connectivity index (χ1v) is 3.88. The summed E-state index contributed by atoms with van der Waals surface area (Å²) in [6.45, 7) is 7.15. The summed E-state index contributed by atoms with van der Waals surface area (Å²) >= 11 is 0. The lowest BCUT2D eigenvalue weighted by Gasteiger charge is -2.22. The van der Waals surface area contributed by atoms with E-state index in [-0.39, 0.29) is 5.97 Å². The van der Waals surface area contributed by atoms with Gasteiger partial charge in [0.2, 0.25) is 0 Å². The van der Waals surface area contributed by atoms with Crippen LogP contribution in [0, 0.1) is 0 Å². The molecule has 1 unspecified atom stereocenters. The number of hydroxylamine groups is 1. The van der Waals surface area contributed by atoms with Crippen LogP contribution in [0.25, 0.3) is 0 Å². The van der Waals surface area contributed by atoms with Crippen molar-refractivity contribution in [3.63, 3.8) is 0 Å². The van der Waals surface area contributed by atoms with E-state index in [2.05, 4.69) is 10.3 Å². The Bertz CT molecular complexity index is 151. The molecule has 4 heteroatoms. The highest BCUT2D eigenvalue weighted by atomic mass is 16.6. The minimum absolute atomic E-state index is 0.315. The molecular weight excluding hydrogens is 158 g/mol. The van der Waals surface area contributed by atoms with E-state index in [4.69, 9.17) is 4.74 Å². The number of ether oxygens (including phenoxy) is 1. The first-order chi connectivity index (χ1) is 5.37. The second-order valence-electron chi connectivity index (χ2n) is 3.58. The molecule has 0 amide bonds. The molecule has 0 saturated heterocycles. The van der Waals surface area contributed by atoms with E-state index in [9.17, 15) is 4.79 Å². The lowest BCUT2D eigenvalue weighted by Crippen LogP contribution is -2.38. The smallest absolute Gasteiger partial charge is 0.325 e. The third-order valence-electron chi connectivity index (χ3n) is 1.05. The van der Waals surface area contributed by atoms with Crippen molar-refractivity contribution in [2.75, 3.05) is 7.11 Å². The highest BCUT2D eigenvalue weighted by Crippen LogP contribution is 2.07. The monoisotopic (exact) mass is 175 g/mol. The Morgan fingerprint density at radius 1 is 1.42 bits per heavy atom. The summed E-state index contributed by atoms with van der Waals surface area (Å²) in [6.07, 6.45) is 0. The lowest BCUT2D eigenvalue weighted by atomic mass is 10.2. The van der Waals surface area contributed by atoms with Gasteiger partial charge in [-0.05, 0) is 27.7 Å². The van der Waals surface area contributed by atoms with Crippen LogP contribution in [0.1, 0.15) is 27.7 Å². The predicted molar refractivity (Wildman–Crippen MR) is 45.5 cm³/mol. The largest absolute Gasteiger partial charge is 0.459 e. The SMILES string of the molecule is CONC(C)C(=O)OC(C)(C)C. The maximum Gasteiger partial charge on any atom is 0.325 e. The number of hydrogen-bond donors (Lipinski definition) is 1. The molecule has 72 valence electrons. The number of nitrogens with one attached hydrogen (secondary N) is 1. The fourth-order valence-electron chi connectivity index (χ4n) is 0.615. The molecule has 0 fully saturated rings. The summed E-state index contributed by atoms with van der Waals surface area (Å²) in [5.74, 6) is -0.315.